The van der Waals surface area contributed by atoms with Crippen molar-refractivity contribution in [2.75, 3.05) is 13.1 Å². The van der Waals surface area contributed by atoms with Gasteiger partial charge in [0.05, 0.1) is 5.92 Å². The number of rotatable bonds is 5. The van der Waals surface area contributed by atoms with Crippen molar-refractivity contribution in [3.8, 4) is 0 Å². The summed E-state index contributed by atoms with van der Waals surface area (Å²) in [6.45, 7) is 2.57. The van der Waals surface area contributed by atoms with E-state index in [-0.39, 0.29) is 29.7 Å². The van der Waals surface area contributed by atoms with Crippen molar-refractivity contribution in [2.45, 2.75) is 44.8 Å². The Kier molecular flexibility index (Phi) is 5.81. The molecule has 0 aromatic heterocycles. The van der Waals surface area contributed by atoms with Crippen molar-refractivity contribution in [2.24, 2.45) is 5.92 Å². The van der Waals surface area contributed by atoms with Gasteiger partial charge >= 0.3 is 5.97 Å². The summed E-state index contributed by atoms with van der Waals surface area (Å²) in [5, 5.41) is 3.41. The van der Waals surface area contributed by atoms with Gasteiger partial charge in [-0.25, -0.2) is 0 Å². The van der Waals surface area contributed by atoms with Gasteiger partial charge in [-0.3, -0.25) is 14.4 Å². The molecule has 3 rings (SSSR count). The van der Waals surface area contributed by atoms with Crippen LogP contribution in [0.25, 0.3) is 0 Å². The van der Waals surface area contributed by atoms with Gasteiger partial charge in [-0.15, -0.1) is 0 Å². The van der Waals surface area contributed by atoms with Gasteiger partial charge < -0.3 is 15.0 Å². The number of nitrogens with zero attached hydrogens (tertiary/aromatic N) is 1. The van der Waals surface area contributed by atoms with Crippen molar-refractivity contribution in [3.05, 3.63) is 34.9 Å². The monoisotopic (exact) mass is 378 g/mol. The smallest absolute Gasteiger partial charge is 0.309 e. The molecule has 1 saturated heterocycles. The van der Waals surface area contributed by atoms with Crippen molar-refractivity contribution in [3.63, 3.8) is 0 Å². The number of benzene rings is 1. The molecule has 1 aliphatic carbocycles. The Morgan fingerprint density at radius 2 is 1.73 bits per heavy atom. The minimum atomic E-state index is -0.781. The molecule has 1 atom stereocenters. The van der Waals surface area contributed by atoms with Crippen LogP contribution in [-0.2, 0) is 14.3 Å². The maximum Gasteiger partial charge on any atom is 0.309 e. The molecule has 1 aromatic rings. The first-order valence-corrected chi connectivity index (χ1v) is 9.37. The molecular formula is C19H23ClN2O4. The number of ether oxygens (including phenoxy) is 1. The maximum absolute atomic E-state index is 12.5. The number of nitrogens with one attached hydrogen (secondary N) is 1. The largest absolute Gasteiger partial charge is 0.452 e. The van der Waals surface area contributed by atoms with Crippen LogP contribution in [0.3, 0.4) is 0 Å². The summed E-state index contributed by atoms with van der Waals surface area (Å²) >= 11 is 5.85. The molecule has 0 spiro atoms. The summed E-state index contributed by atoms with van der Waals surface area (Å²) in [6, 6.07) is 7.02. The Morgan fingerprint density at radius 1 is 1.12 bits per heavy atom. The summed E-state index contributed by atoms with van der Waals surface area (Å²) in [4.78, 5) is 38.4. The lowest BCUT2D eigenvalue weighted by Gasteiger charge is -2.31. The summed E-state index contributed by atoms with van der Waals surface area (Å²) in [5.41, 5.74) is 0.584. The van der Waals surface area contributed by atoms with Crippen LogP contribution in [0.1, 0.15) is 43.0 Å². The fourth-order valence-electron chi connectivity index (χ4n) is 2.96. The molecule has 26 heavy (non-hydrogen) atoms. The molecule has 7 heteroatoms. The summed E-state index contributed by atoms with van der Waals surface area (Å²) in [5.74, 6) is -0.940. The fraction of sp³-hybridized carbons (Fsp3) is 0.526. The van der Waals surface area contributed by atoms with E-state index in [4.69, 9.17) is 16.3 Å². The Bertz CT molecular complexity index is 679. The van der Waals surface area contributed by atoms with Crippen molar-refractivity contribution >= 4 is 29.4 Å². The van der Waals surface area contributed by atoms with Crippen molar-refractivity contribution < 1.29 is 19.1 Å². The lowest BCUT2D eigenvalue weighted by molar-refractivity contribution is -0.160. The van der Waals surface area contributed by atoms with Crippen LogP contribution in [0, 0.1) is 5.92 Å². The molecule has 2 aliphatic rings. The summed E-state index contributed by atoms with van der Waals surface area (Å²) in [6.07, 6.45) is 2.28. The zero-order chi connectivity index (χ0) is 18.7. The molecule has 1 aromatic carbocycles. The molecule has 1 aliphatic heterocycles. The summed E-state index contributed by atoms with van der Waals surface area (Å²) < 4.78 is 5.30. The normalized spacial score (nSPS) is 18.9. The zero-order valence-corrected chi connectivity index (χ0v) is 15.5. The molecule has 2 fully saturated rings. The average Bonchev–Trinajstić information content (AvgIpc) is 3.45. The predicted molar refractivity (Wildman–Crippen MR) is 96.8 cm³/mol. The molecule has 1 unspecified atom stereocenters. The van der Waals surface area contributed by atoms with Gasteiger partial charge in [0, 0.05) is 29.7 Å². The van der Waals surface area contributed by atoms with E-state index in [1.807, 2.05) is 0 Å². The SMILES string of the molecule is CC(OC(=O)C1CCN(C(=O)c2ccc(Cl)cc2)CC1)C(=O)NC1CC1. The standard InChI is InChI=1S/C19H23ClN2O4/c1-12(17(23)21-16-6-7-16)26-19(25)14-8-10-22(11-9-14)18(24)13-2-4-15(20)5-3-13/h2-5,12,14,16H,6-11H2,1H3,(H,21,23). The van der Waals surface area contributed by atoms with E-state index in [1.54, 1.807) is 36.1 Å². The fourth-order valence-corrected chi connectivity index (χ4v) is 3.09. The average molecular weight is 379 g/mol. The second-order valence-electron chi connectivity index (χ2n) is 6.94. The van der Waals surface area contributed by atoms with E-state index in [1.165, 1.54) is 0 Å². The first-order valence-electron chi connectivity index (χ1n) is 8.99. The van der Waals surface area contributed by atoms with Crippen LogP contribution < -0.4 is 5.32 Å². The van der Waals surface area contributed by atoms with Crippen LogP contribution >= 0.6 is 11.6 Å². The molecule has 1 saturated carbocycles. The molecule has 0 bridgehead atoms. The zero-order valence-electron chi connectivity index (χ0n) is 14.7. The molecule has 1 heterocycles. The minimum absolute atomic E-state index is 0.0642. The van der Waals surface area contributed by atoms with Gasteiger partial charge in [0.1, 0.15) is 0 Å². The number of hydrogen-bond acceptors (Lipinski definition) is 4. The Morgan fingerprint density at radius 3 is 2.31 bits per heavy atom. The van der Waals surface area contributed by atoms with Crippen LogP contribution in [0.4, 0.5) is 0 Å². The lowest BCUT2D eigenvalue weighted by Crippen LogP contribution is -2.42. The highest BCUT2D eigenvalue weighted by atomic mass is 35.5. The van der Waals surface area contributed by atoms with Gasteiger partial charge in [0.15, 0.2) is 6.10 Å². The lowest BCUT2D eigenvalue weighted by atomic mass is 9.96. The number of carbonyl (C=O) groups excluding carboxylic acids is 3. The highest BCUT2D eigenvalue weighted by molar-refractivity contribution is 6.30. The third-order valence-corrected chi connectivity index (χ3v) is 5.04. The summed E-state index contributed by atoms with van der Waals surface area (Å²) in [7, 11) is 0. The number of halogens is 1. The van der Waals surface area contributed by atoms with Gasteiger partial charge in [-0.2, -0.15) is 0 Å². The predicted octanol–water partition coefficient (Wildman–Crippen LogP) is 2.40. The first-order chi connectivity index (χ1) is 12.4. The van der Waals surface area contributed by atoms with Crippen LogP contribution in [0.15, 0.2) is 24.3 Å². The second-order valence-corrected chi connectivity index (χ2v) is 7.37. The van der Waals surface area contributed by atoms with Gasteiger partial charge in [0.25, 0.3) is 11.8 Å². The van der Waals surface area contributed by atoms with E-state index in [2.05, 4.69) is 5.32 Å². The van der Waals surface area contributed by atoms with Crippen molar-refractivity contribution in [1.29, 1.82) is 0 Å². The van der Waals surface area contributed by atoms with Gasteiger partial charge in [0.2, 0.25) is 0 Å². The van der Waals surface area contributed by atoms with E-state index < -0.39 is 6.10 Å². The third kappa shape index (κ3) is 4.75. The number of hydrogen-bond donors (Lipinski definition) is 1. The number of piperidine rings is 1. The third-order valence-electron chi connectivity index (χ3n) is 4.79. The number of carbonyl (C=O) groups is 3. The topological polar surface area (TPSA) is 75.7 Å². The first kappa shape index (κ1) is 18.7. The molecule has 0 radical (unpaired) electrons. The minimum Gasteiger partial charge on any atom is -0.452 e. The molecule has 140 valence electrons. The van der Waals surface area contributed by atoms with Crippen molar-refractivity contribution in [1.82, 2.24) is 10.2 Å². The quantitative estimate of drug-likeness (QED) is 0.798. The van der Waals surface area contributed by atoms with Crippen LogP contribution in [0.2, 0.25) is 5.02 Å². The molecule has 1 N–H and O–H groups in total. The highest BCUT2D eigenvalue weighted by Gasteiger charge is 2.32. The van der Waals surface area contributed by atoms with Crippen LogP contribution in [-0.4, -0.2) is 47.9 Å². The number of likely N-dealkylation sites (tertiary alicyclic amines) is 1. The number of amides is 2. The molecule has 6 nitrogen and oxygen atoms in total. The second kappa shape index (κ2) is 8.08. The molecular weight excluding hydrogens is 356 g/mol. The number of esters is 1. The van der Waals surface area contributed by atoms with E-state index in [9.17, 15) is 14.4 Å². The highest BCUT2D eigenvalue weighted by Crippen LogP contribution is 2.22. The van der Waals surface area contributed by atoms with E-state index >= 15 is 0 Å². The maximum atomic E-state index is 12.5. The van der Waals surface area contributed by atoms with E-state index in [0.717, 1.165) is 12.8 Å². The van der Waals surface area contributed by atoms with Crippen LogP contribution in [0.5, 0.6) is 0 Å². The Balaban J connectivity index is 1.46. The Hall–Kier alpha value is -2.08. The van der Waals surface area contributed by atoms with Gasteiger partial charge in [-0.05, 0) is 56.9 Å². The Labute approximate surface area is 157 Å². The molecule has 2 amide bonds. The van der Waals surface area contributed by atoms with Gasteiger partial charge in [-0.1, -0.05) is 11.6 Å². The van der Waals surface area contributed by atoms with E-state index in [0.29, 0.717) is 36.5 Å².